The number of hydrogen-bond acceptors (Lipinski definition) is 10. The molecule has 0 amide bonds. The van der Waals surface area contributed by atoms with Crippen molar-refractivity contribution in [3.8, 4) is 0 Å². The number of benzene rings is 1. The van der Waals surface area contributed by atoms with Crippen LogP contribution >= 0.6 is 0 Å². The molecule has 3 saturated carbocycles. The SMILES string of the molecule is C=C(C)[C@@]12OC3(C)O[C@@H]1[C@@H]1[C@H](O)[C@@](C)(O)[C@@H](O)[C@@]4(O)[C@@H](C[C@H](C)[C@@H]4OC(C)=O)[C@@]1(O3)[C@H](C)[C@@H]2OCc1ccccc1. The van der Waals surface area contributed by atoms with Crippen molar-refractivity contribution in [2.75, 3.05) is 0 Å². The van der Waals surface area contributed by atoms with Gasteiger partial charge in [0.05, 0.1) is 24.4 Å². The molecule has 0 radical (unpaired) electrons. The van der Waals surface area contributed by atoms with Gasteiger partial charge < -0.3 is 44.1 Å². The topological polar surface area (TPSA) is 144 Å². The second-order valence-electron chi connectivity index (χ2n) is 13.3. The molecule has 2 saturated heterocycles. The van der Waals surface area contributed by atoms with Gasteiger partial charge in [0.2, 0.25) is 0 Å². The molecule has 2 heterocycles. The molecule has 3 aliphatic carbocycles. The highest BCUT2D eigenvalue weighted by Crippen LogP contribution is 2.71. The van der Waals surface area contributed by atoms with Gasteiger partial charge in [-0.2, -0.15) is 0 Å². The fourth-order valence-corrected chi connectivity index (χ4v) is 9.19. The van der Waals surface area contributed by atoms with E-state index in [1.54, 1.807) is 6.92 Å². The third kappa shape index (κ3) is 3.56. The Bertz CT molecular complexity index is 1240. The first kappa shape index (κ1) is 29.2. The Morgan fingerprint density at radius 1 is 1.07 bits per heavy atom. The van der Waals surface area contributed by atoms with Crippen LogP contribution in [0.15, 0.2) is 42.5 Å². The maximum Gasteiger partial charge on any atom is 0.303 e. The lowest BCUT2D eigenvalue weighted by Gasteiger charge is -2.62. The van der Waals surface area contributed by atoms with Crippen LogP contribution in [-0.4, -0.2) is 85.3 Å². The number of hydrogen-bond donors (Lipinski definition) is 4. The van der Waals surface area contributed by atoms with Crippen LogP contribution in [0.1, 0.15) is 53.5 Å². The number of aliphatic hydroxyl groups is 4. The molecule has 0 aromatic heterocycles. The Kier molecular flexibility index (Phi) is 6.45. The molecule has 4 N–H and O–H groups in total. The van der Waals surface area contributed by atoms with Crippen LogP contribution in [0.3, 0.4) is 0 Å². The maximum absolute atomic E-state index is 12.6. The highest BCUT2D eigenvalue weighted by atomic mass is 16.9. The average Bonchev–Trinajstić information content (AvgIpc) is 3.27. The van der Waals surface area contributed by atoms with Gasteiger partial charge in [-0.1, -0.05) is 50.8 Å². The van der Waals surface area contributed by atoms with E-state index in [4.69, 9.17) is 23.7 Å². The first-order valence-corrected chi connectivity index (χ1v) is 14.4. The largest absolute Gasteiger partial charge is 0.459 e. The molecule has 1 aromatic rings. The molecular weight excluding hydrogens is 532 g/mol. The average molecular weight is 575 g/mol. The Balaban J connectivity index is 1.58. The minimum atomic E-state index is -2.25. The van der Waals surface area contributed by atoms with Gasteiger partial charge >= 0.3 is 5.97 Å². The summed E-state index contributed by atoms with van der Waals surface area (Å²) in [5.41, 5.74) is -5.61. The molecule has 0 spiro atoms. The minimum Gasteiger partial charge on any atom is -0.459 e. The van der Waals surface area contributed by atoms with E-state index >= 15 is 0 Å². The lowest BCUT2D eigenvalue weighted by atomic mass is 9.52. The van der Waals surface area contributed by atoms with Gasteiger partial charge in [-0.05, 0) is 37.3 Å². The number of carbonyl (C=O) groups excluding carboxylic acids is 1. The predicted octanol–water partition coefficient (Wildman–Crippen LogP) is 1.82. The van der Waals surface area contributed by atoms with E-state index in [-0.39, 0.29) is 13.0 Å². The first-order valence-electron chi connectivity index (χ1n) is 14.4. The summed E-state index contributed by atoms with van der Waals surface area (Å²) in [5.74, 6) is -5.12. The van der Waals surface area contributed by atoms with Crippen LogP contribution < -0.4 is 0 Å². The second-order valence-corrected chi connectivity index (χ2v) is 13.3. The molecule has 1 unspecified atom stereocenters. The molecule has 10 heteroatoms. The minimum absolute atomic E-state index is 0.239. The van der Waals surface area contributed by atoms with E-state index in [1.165, 1.54) is 13.8 Å². The zero-order valence-electron chi connectivity index (χ0n) is 24.4. The highest BCUT2D eigenvalue weighted by Gasteiger charge is 2.86. The Morgan fingerprint density at radius 2 is 1.73 bits per heavy atom. The molecule has 3 bridgehead atoms. The molecule has 5 aliphatic rings. The van der Waals surface area contributed by atoms with Gasteiger partial charge in [0.1, 0.15) is 35.1 Å². The Hall–Kier alpha value is -1.89. The number of rotatable bonds is 5. The summed E-state index contributed by atoms with van der Waals surface area (Å²) < 4.78 is 32.3. The third-order valence-corrected chi connectivity index (χ3v) is 10.8. The highest BCUT2D eigenvalue weighted by molar-refractivity contribution is 5.66. The van der Waals surface area contributed by atoms with Crippen molar-refractivity contribution in [1.82, 2.24) is 0 Å². The van der Waals surface area contributed by atoms with E-state index < -0.39 is 88.5 Å². The number of fused-ring (bicyclic) bond motifs is 2. The molecule has 41 heavy (non-hydrogen) atoms. The van der Waals surface area contributed by atoms with Crippen molar-refractivity contribution in [3.63, 3.8) is 0 Å². The van der Waals surface area contributed by atoms with Gasteiger partial charge in [-0.3, -0.25) is 4.79 Å². The standard InChI is InChI=1S/C31H42O10/c1-15(2)30-24(37-14-19-11-9-8-10-12-19)17(4)31-20-13-16(3)23(38-18(5)32)29(20,36)26(34)27(6,35)22(33)21(31)25(30)39-28(7,40-30)41-31/h8-12,16-17,20-26,33-36H,1,13-14H2,2-7H3/t16-,17+,20+,21-,22-,23-,24-,25+,26+,27+,28?,29+,30-,31-/m0/s1. The number of esters is 1. The molecule has 10 nitrogen and oxygen atoms in total. The Morgan fingerprint density at radius 3 is 2.34 bits per heavy atom. The van der Waals surface area contributed by atoms with E-state index in [1.807, 2.05) is 51.1 Å². The molecule has 2 aliphatic heterocycles. The molecular formula is C31H42O10. The smallest absolute Gasteiger partial charge is 0.303 e. The van der Waals surface area contributed by atoms with Crippen molar-refractivity contribution >= 4 is 5.97 Å². The summed E-state index contributed by atoms with van der Waals surface area (Å²) in [5, 5.41) is 48.2. The molecule has 1 aromatic carbocycles. The van der Waals surface area contributed by atoms with Gasteiger partial charge in [-0.15, -0.1) is 0 Å². The van der Waals surface area contributed by atoms with Crippen LogP contribution in [0.25, 0.3) is 0 Å². The van der Waals surface area contributed by atoms with E-state index in [0.29, 0.717) is 5.57 Å². The first-order chi connectivity index (χ1) is 19.1. The van der Waals surface area contributed by atoms with Crippen LogP contribution in [0.2, 0.25) is 0 Å². The van der Waals surface area contributed by atoms with Crippen molar-refractivity contribution < 1.29 is 48.9 Å². The lowest BCUT2D eigenvalue weighted by Crippen LogP contribution is -2.77. The second kappa shape index (κ2) is 9.06. The van der Waals surface area contributed by atoms with Gasteiger partial charge in [0.25, 0.3) is 5.97 Å². The number of ether oxygens (including phenoxy) is 5. The summed E-state index contributed by atoms with van der Waals surface area (Å²) in [6, 6.07) is 9.67. The lowest BCUT2D eigenvalue weighted by molar-refractivity contribution is -0.429. The Labute approximate surface area is 240 Å². The molecule has 5 fully saturated rings. The third-order valence-electron chi connectivity index (χ3n) is 10.8. The van der Waals surface area contributed by atoms with Crippen molar-refractivity contribution in [2.24, 2.45) is 23.7 Å². The number of carbonyl (C=O) groups is 1. The summed E-state index contributed by atoms with van der Waals surface area (Å²) in [6.07, 6.45) is -6.05. The fourth-order valence-electron chi connectivity index (χ4n) is 9.19. The van der Waals surface area contributed by atoms with Crippen LogP contribution in [-0.2, 0) is 35.1 Å². The van der Waals surface area contributed by atoms with Gasteiger partial charge in [0, 0.05) is 31.6 Å². The molecule has 6 rings (SSSR count). The molecule has 226 valence electrons. The quantitative estimate of drug-likeness (QED) is 0.304. The van der Waals surface area contributed by atoms with Gasteiger partial charge in [-0.25, -0.2) is 0 Å². The zero-order chi connectivity index (χ0) is 29.9. The normalized spacial score (nSPS) is 53.4. The van der Waals surface area contributed by atoms with Crippen LogP contribution in [0.4, 0.5) is 0 Å². The summed E-state index contributed by atoms with van der Waals surface area (Å²) in [7, 11) is 0. The van der Waals surface area contributed by atoms with Gasteiger partial charge in [0.15, 0.2) is 0 Å². The van der Waals surface area contributed by atoms with Crippen LogP contribution in [0.5, 0.6) is 0 Å². The maximum atomic E-state index is 12.6. The molecule has 14 atom stereocenters. The summed E-state index contributed by atoms with van der Waals surface area (Å²) in [6.45, 7) is 14.2. The summed E-state index contributed by atoms with van der Waals surface area (Å²) in [4.78, 5) is 12.2. The predicted molar refractivity (Wildman–Crippen MR) is 144 cm³/mol. The fraction of sp³-hybridized carbons (Fsp3) is 0.710. The van der Waals surface area contributed by atoms with Crippen molar-refractivity contribution in [3.05, 3.63) is 48.0 Å². The van der Waals surface area contributed by atoms with E-state index in [2.05, 4.69) is 6.58 Å². The van der Waals surface area contributed by atoms with Crippen molar-refractivity contribution in [2.45, 2.75) is 113 Å². The van der Waals surface area contributed by atoms with Crippen LogP contribution in [0, 0.1) is 23.7 Å². The monoisotopic (exact) mass is 574 g/mol. The van der Waals surface area contributed by atoms with E-state index in [9.17, 15) is 25.2 Å². The summed E-state index contributed by atoms with van der Waals surface area (Å²) >= 11 is 0. The number of aliphatic hydroxyl groups excluding tert-OH is 2. The zero-order valence-corrected chi connectivity index (χ0v) is 24.4. The van der Waals surface area contributed by atoms with Crippen molar-refractivity contribution in [1.29, 1.82) is 0 Å². The van der Waals surface area contributed by atoms with E-state index in [0.717, 1.165) is 5.56 Å².